The minimum Gasteiger partial charge on any atom is -0.344 e. The summed E-state index contributed by atoms with van der Waals surface area (Å²) in [6.45, 7) is 2.46. The van der Waals surface area contributed by atoms with Gasteiger partial charge in [0.25, 0.3) is 0 Å². The van der Waals surface area contributed by atoms with Gasteiger partial charge >= 0.3 is 0 Å². The summed E-state index contributed by atoms with van der Waals surface area (Å²) in [7, 11) is 0. The molecule has 0 aromatic heterocycles. The van der Waals surface area contributed by atoms with Crippen LogP contribution >= 0.6 is 0 Å². The molecule has 19 heavy (non-hydrogen) atoms. The van der Waals surface area contributed by atoms with E-state index in [4.69, 9.17) is 0 Å². The predicted octanol–water partition coefficient (Wildman–Crippen LogP) is 1.85. The molecule has 1 aliphatic heterocycles. The van der Waals surface area contributed by atoms with Crippen molar-refractivity contribution in [1.29, 1.82) is 0 Å². The Morgan fingerprint density at radius 1 is 1.42 bits per heavy atom. The molecular formula is C14H17FN2O2. The van der Waals surface area contributed by atoms with Crippen molar-refractivity contribution in [2.45, 2.75) is 32.2 Å². The first-order valence-corrected chi connectivity index (χ1v) is 6.48. The lowest BCUT2D eigenvalue weighted by Crippen LogP contribution is -2.41. The van der Waals surface area contributed by atoms with E-state index in [0.29, 0.717) is 25.1 Å². The molecule has 1 aromatic rings. The second-order valence-electron chi connectivity index (χ2n) is 4.63. The number of halogens is 1. The second-order valence-corrected chi connectivity index (χ2v) is 4.63. The van der Waals surface area contributed by atoms with Crippen LogP contribution in [0.1, 0.15) is 26.2 Å². The summed E-state index contributed by atoms with van der Waals surface area (Å²) >= 11 is 0. The third kappa shape index (κ3) is 3.10. The van der Waals surface area contributed by atoms with Gasteiger partial charge in [0.05, 0.1) is 0 Å². The van der Waals surface area contributed by atoms with Gasteiger partial charge in [-0.25, -0.2) is 4.39 Å². The molecule has 0 bridgehead atoms. The maximum Gasteiger partial charge on any atom is 0.249 e. The van der Waals surface area contributed by atoms with Crippen molar-refractivity contribution in [2.24, 2.45) is 0 Å². The molecule has 1 N–H and O–H groups in total. The van der Waals surface area contributed by atoms with E-state index in [-0.39, 0.29) is 17.6 Å². The lowest BCUT2D eigenvalue weighted by Gasteiger charge is -2.17. The van der Waals surface area contributed by atoms with Crippen LogP contribution in [0.25, 0.3) is 0 Å². The number of carbonyl (C=O) groups excluding carboxylic acids is 2. The topological polar surface area (TPSA) is 49.4 Å². The SMILES string of the molecule is CCCC(=O)NC1CCN(c2ccc(F)cc2)C1=O. The Kier molecular flexibility index (Phi) is 4.14. The highest BCUT2D eigenvalue weighted by Gasteiger charge is 2.33. The van der Waals surface area contributed by atoms with Crippen molar-refractivity contribution in [3.05, 3.63) is 30.1 Å². The van der Waals surface area contributed by atoms with E-state index in [1.54, 1.807) is 17.0 Å². The van der Waals surface area contributed by atoms with Gasteiger partial charge < -0.3 is 10.2 Å². The van der Waals surface area contributed by atoms with Crippen molar-refractivity contribution in [2.75, 3.05) is 11.4 Å². The molecule has 102 valence electrons. The van der Waals surface area contributed by atoms with Crippen molar-refractivity contribution >= 4 is 17.5 Å². The quantitative estimate of drug-likeness (QED) is 0.902. The first kappa shape index (κ1) is 13.5. The number of benzene rings is 1. The number of carbonyl (C=O) groups is 2. The fraction of sp³-hybridized carbons (Fsp3) is 0.429. The molecule has 1 fully saturated rings. The maximum absolute atomic E-state index is 12.8. The van der Waals surface area contributed by atoms with Crippen LogP contribution in [0, 0.1) is 5.82 Å². The Balaban J connectivity index is 2.01. The lowest BCUT2D eigenvalue weighted by atomic mass is 10.2. The van der Waals surface area contributed by atoms with Gasteiger partial charge in [0.15, 0.2) is 0 Å². The smallest absolute Gasteiger partial charge is 0.249 e. The van der Waals surface area contributed by atoms with Crippen LogP contribution in [-0.4, -0.2) is 24.4 Å². The van der Waals surface area contributed by atoms with Crippen LogP contribution in [0.15, 0.2) is 24.3 Å². The van der Waals surface area contributed by atoms with Crippen molar-refractivity contribution in [3.8, 4) is 0 Å². The number of amides is 2. The molecule has 0 radical (unpaired) electrons. The van der Waals surface area contributed by atoms with Gasteiger partial charge in [0, 0.05) is 18.7 Å². The largest absolute Gasteiger partial charge is 0.344 e. The molecule has 2 rings (SSSR count). The summed E-state index contributed by atoms with van der Waals surface area (Å²) in [5.74, 6) is -0.555. The molecule has 1 aromatic carbocycles. The second kappa shape index (κ2) is 5.82. The highest BCUT2D eigenvalue weighted by molar-refractivity contribution is 6.01. The Bertz CT molecular complexity index is 473. The number of hydrogen-bond donors (Lipinski definition) is 1. The standard InChI is InChI=1S/C14H17FN2O2/c1-2-3-13(18)16-12-8-9-17(14(12)19)11-6-4-10(15)5-7-11/h4-7,12H,2-3,8-9H2,1H3,(H,16,18). The number of nitrogens with one attached hydrogen (secondary N) is 1. The molecule has 4 nitrogen and oxygen atoms in total. The summed E-state index contributed by atoms with van der Waals surface area (Å²) in [6.07, 6.45) is 1.78. The Morgan fingerprint density at radius 3 is 2.74 bits per heavy atom. The molecule has 2 amide bonds. The summed E-state index contributed by atoms with van der Waals surface area (Å²) in [4.78, 5) is 25.2. The van der Waals surface area contributed by atoms with E-state index < -0.39 is 6.04 Å². The van der Waals surface area contributed by atoms with E-state index in [2.05, 4.69) is 5.32 Å². The first-order chi connectivity index (χ1) is 9.11. The minimum absolute atomic E-state index is 0.0955. The van der Waals surface area contributed by atoms with E-state index in [0.717, 1.165) is 6.42 Å². The van der Waals surface area contributed by atoms with Crippen LogP contribution in [0.5, 0.6) is 0 Å². The van der Waals surface area contributed by atoms with Crippen LogP contribution in [0.4, 0.5) is 10.1 Å². The maximum atomic E-state index is 12.8. The van der Waals surface area contributed by atoms with Crippen LogP contribution in [0.2, 0.25) is 0 Å². The molecule has 1 saturated heterocycles. The van der Waals surface area contributed by atoms with Gasteiger partial charge in [-0.1, -0.05) is 6.92 Å². The Hall–Kier alpha value is -1.91. The van der Waals surface area contributed by atoms with E-state index in [1.807, 2.05) is 6.92 Å². The van der Waals surface area contributed by atoms with E-state index in [1.165, 1.54) is 12.1 Å². The summed E-state index contributed by atoms with van der Waals surface area (Å²) in [6, 6.07) is 5.34. The molecule has 0 spiro atoms. The van der Waals surface area contributed by atoms with Crippen LogP contribution in [-0.2, 0) is 9.59 Å². The fourth-order valence-electron chi connectivity index (χ4n) is 2.18. The normalized spacial score (nSPS) is 18.7. The molecular weight excluding hydrogens is 247 g/mol. The molecule has 1 unspecified atom stereocenters. The number of rotatable bonds is 4. The monoisotopic (exact) mass is 264 g/mol. The van der Waals surface area contributed by atoms with E-state index >= 15 is 0 Å². The van der Waals surface area contributed by atoms with Crippen molar-refractivity contribution < 1.29 is 14.0 Å². The van der Waals surface area contributed by atoms with E-state index in [9.17, 15) is 14.0 Å². The molecule has 0 aliphatic carbocycles. The van der Waals surface area contributed by atoms with Gasteiger partial charge in [0.1, 0.15) is 11.9 Å². The first-order valence-electron chi connectivity index (χ1n) is 6.48. The highest BCUT2D eigenvalue weighted by Crippen LogP contribution is 2.21. The summed E-state index contributed by atoms with van der Waals surface area (Å²) < 4.78 is 12.8. The van der Waals surface area contributed by atoms with Crippen molar-refractivity contribution in [3.63, 3.8) is 0 Å². The molecule has 1 aliphatic rings. The zero-order valence-corrected chi connectivity index (χ0v) is 10.9. The zero-order valence-electron chi connectivity index (χ0n) is 10.9. The number of anilines is 1. The Labute approximate surface area is 111 Å². The average molecular weight is 264 g/mol. The third-order valence-corrected chi connectivity index (χ3v) is 3.16. The molecule has 0 saturated carbocycles. The minimum atomic E-state index is -0.455. The summed E-state index contributed by atoms with van der Waals surface area (Å²) in [5.41, 5.74) is 0.665. The molecule has 1 heterocycles. The van der Waals surface area contributed by atoms with Gasteiger partial charge in [0.2, 0.25) is 11.8 Å². The molecule has 5 heteroatoms. The zero-order chi connectivity index (χ0) is 13.8. The number of hydrogen-bond acceptors (Lipinski definition) is 2. The van der Waals surface area contributed by atoms with Gasteiger partial charge in [-0.15, -0.1) is 0 Å². The van der Waals surface area contributed by atoms with Gasteiger partial charge in [-0.2, -0.15) is 0 Å². The highest BCUT2D eigenvalue weighted by atomic mass is 19.1. The van der Waals surface area contributed by atoms with Crippen LogP contribution < -0.4 is 10.2 Å². The van der Waals surface area contributed by atoms with Crippen LogP contribution in [0.3, 0.4) is 0 Å². The number of nitrogens with zero attached hydrogens (tertiary/aromatic N) is 1. The van der Waals surface area contributed by atoms with Gasteiger partial charge in [-0.05, 0) is 37.1 Å². The fourth-order valence-corrected chi connectivity index (χ4v) is 2.18. The third-order valence-electron chi connectivity index (χ3n) is 3.16. The van der Waals surface area contributed by atoms with Crippen molar-refractivity contribution in [1.82, 2.24) is 5.32 Å². The molecule has 1 atom stereocenters. The predicted molar refractivity (Wildman–Crippen MR) is 70.2 cm³/mol. The summed E-state index contributed by atoms with van der Waals surface area (Å²) in [5, 5.41) is 2.74. The lowest BCUT2D eigenvalue weighted by molar-refractivity contribution is -0.126. The average Bonchev–Trinajstić information content (AvgIpc) is 2.73. The van der Waals surface area contributed by atoms with Gasteiger partial charge in [-0.3, -0.25) is 9.59 Å². The Morgan fingerprint density at radius 2 is 2.11 bits per heavy atom.